The van der Waals surface area contributed by atoms with E-state index in [1.807, 2.05) is 6.92 Å². The van der Waals surface area contributed by atoms with Crippen molar-refractivity contribution in [3.05, 3.63) is 23.8 Å². The molecule has 0 radical (unpaired) electrons. The summed E-state index contributed by atoms with van der Waals surface area (Å²) in [5.41, 5.74) is 6.74. The van der Waals surface area contributed by atoms with Crippen LogP contribution in [0.1, 0.15) is 31.9 Å². The summed E-state index contributed by atoms with van der Waals surface area (Å²) in [4.78, 5) is 0. The summed E-state index contributed by atoms with van der Waals surface area (Å²) in [6, 6.07) is 4.74. The average molecular weight is 285 g/mol. The van der Waals surface area contributed by atoms with Crippen LogP contribution < -0.4 is 15.2 Å². The van der Waals surface area contributed by atoms with Gasteiger partial charge in [0.15, 0.2) is 21.3 Å². The summed E-state index contributed by atoms with van der Waals surface area (Å²) < 4.78 is 34.6. The van der Waals surface area contributed by atoms with Crippen LogP contribution in [-0.2, 0) is 9.84 Å². The maximum Gasteiger partial charge on any atom is 0.231 e. The van der Waals surface area contributed by atoms with Gasteiger partial charge in [-0.1, -0.05) is 13.0 Å². The molecule has 6 heteroatoms. The topological polar surface area (TPSA) is 78.6 Å². The van der Waals surface area contributed by atoms with Gasteiger partial charge in [-0.3, -0.25) is 0 Å². The van der Waals surface area contributed by atoms with E-state index in [0.29, 0.717) is 17.9 Å². The molecule has 0 aromatic heterocycles. The van der Waals surface area contributed by atoms with Crippen molar-refractivity contribution in [1.29, 1.82) is 0 Å². The molecule has 2 unspecified atom stereocenters. The van der Waals surface area contributed by atoms with Crippen LogP contribution in [0.3, 0.4) is 0 Å². The number of rotatable bonds is 5. The van der Waals surface area contributed by atoms with Crippen LogP contribution in [0.25, 0.3) is 0 Å². The fraction of sp³-hybridized carbons (Fsp3) is 0.538. The third-order valence-corrected chi connectivity index (χ3v) is 5.81. The lowest BCUT2D eigenvalue weighted by atomic mass is 10.1. The third-order valence-electron chi connectivity index (χ3n) is 3.42. The first-order valence-electron chi connectivity index (χ1n) is 6.30. The highest BCUT2D eigenvalue weighted by Crippen LogP contribution is 2.34. The van der Waals surface area contributed by atoms with E-state index in [1.54, 1.807) is 25.1 Å². The molecule has 1 aromatic carbocycles. The first-order valence-corrected chi connectivity index (χ1v) is 8.02. The molecule has 0 saturated heterocycles. The fourth-order valence-electron chi connectivity index (χ4n) is 1.91. The molecule has 0 bridgehead atoms. The van der Waals surface area contributed by atoms with E-state index in [4.69, 9.17) is 15.2 Å². The first-order chi connectivity index (χ1) is 8.94. The van der Waals surface area contributed by atoms with Crippen molar-refractivity contribution >= 4 is 9.84 Å². The number of sulfone groups is 1. The molecule has 5 nitrogen and oxygen atoms in total. The van der Waals surface area contributed by atoms with E-state index in [-0.39, 0.29) is 17.8 Å². The van der Waals surface area contributed by atoms with E-state index in [0.717, 1.165) is 5.56 Å². The molecule has 1 aliphatic heterocycles. The quantitative estimate of drug-likeness (QED) is 0.889. The predicted molar refractivity (Wildman–Crippen MR) is 73.0 cm³/mol. The summed E-state index contributed by atoms with van der Waals surface area (Å²) in [5, 5.41) is -0.368. The van der Waals surface area contributed by atoms with Crippen LogP contribution in [0, 0.1) is 0 Å². The molecule has 1 aromatic rings. The molecule has 0 amide bonds. The average Bonchev–Trinajstić information content (AvgIpc) is 2.84. The van der Waals surface area contributed by atoms with Crippen LogP contribution in [0.15, 0.2) is 18.2 Å². The normalized spacial score (nSPS) is 17.2. The van der Waals surface area contributed by atoms with Gasteiger partial charge in [-0.05, 0) is 31.0 Å². The van der Waals surface area contributed by atoms with E-state index in [2.05, 4.69) is 0 Å². The van der Waals surface area contributed by atoms with Crippen molar-refractivity contribution in [2.24, 2.45) is 5.73 Å². The Labute approximate surface area is 113 Å². The van der Waals surface area contributed by atoms with Crippen molar-refractivity contribution in [2.75, 3.05) is 12.5 Å². The standard InChI is InChI=1S/C13H19NO4S/c1-3-9(2)19(15,16)7-11(14)10-4-5-12-13(6-10)18-8-17-12/h4-6,9,11H,3,7-8,14H2,1-2H3. The zero-order chi connectivity index (χ0) is 14.0. The SMILES string of the molecule is CCC(C)S(=O)(=O)CC(N)c1ccc2c(c1)OCO2. The highest BCUT2D eigenvalue weighted by Gasteiger charge is 2.24. The van der Waals surface area contributed by atoms with E-state index >= 15 is 0 Å². The number of benzene rings is 1. The van der Waals surface area contributed by atoms with Crippen LogP contribution in [0.4, 0.5) is 0 Å². The van der Waals surface area contributed by atoms with Gasteiger partial charge in [0.1, 0.15) is 0 Å². The van der Waals surface area contributed by atoms with Crippen LogP contribution in [-0.4, -0.2) is 26.2 Å². The zero-order valence-corrected chi connectivity index (χ0v) is 11.9. The summed E-state index contributed by atoms with van der Waals surface area (Å²) in [7, 11) is -3.17. The number of ether oxygens (including phenoxy) is 2. The lowest BCUT2D eigenvalue weighted by Crippen LogP contribution is -2.28. The van der Waals surface area contributed by atoms with Crippen LogP contribution >= 0.6 is 0 Å². The van der Waals surface area contributed by atoms with Gasteiger partial charge in [0.25, 0.3) is 0 Å². The molecule has 19 heavy (non-hydrogen) atoms. The van der Waals surface area contributed by atoms with Crippen molar-refractivity contribution in [3.8, 4) is 11.5 Å². The molecule has 2 atom stereocenters. The molecular formula is C13H19NO4S. The summed E-state index contributed by atoms with van der Waals surface area (Å²) in [6.45, 7) is 3.76. The highest BCUT2D eigenvalue weighted by molar-refractivity contribution is 7.92. The largest absolute Gasteiger partial charge is 0.454 e. The predicted octanol–water partition coefficient (Wildman–Crippen LogP) is 1.63. The monoisotopic (exact) mass is 285 g/mol. The minimum absolute atomic E-state index is 0.0539. The Bertz CT molecular complexity index is 556. The molecule has 2 N–H and O–H groups in total. The Morgan fingerprint density at radius 2 is 2.00 bits per heavy atom. The molecule has 106 valence electrons. The van der Waals surface area contributed by atoms with Gasteiger partial charge in [0, 0.05) is 6.04 Å². The maximum absolute atomic E-state index is 12.0. The van der Waals surface area contributed by atoms with Crippen molar-refractivity contribution < 1.29 is 17.9 Å². The molecule has 0 spiro atoms. The summed E-state index contributed by atoms with van der Waals surface area (Å²) in [6.07, 6.45) is 0.593. The second-order valence-electron chi connectivity index (χ2n) is 4.77. The molecule has 1 aliphatic rings. The number of nitrogens with two attached hydrogens (primary N) is 1. The van der Waals surface area contributed by atoms with Gasteiger partial charge in [-0.2, -0.15) is 0 Å². The fourth-order valence-corrected chi connectivity index (χ4v) is 3.44. The molecule has 0 saturated carbocycles. The second-order valence-corrected chi connectivity index (χ2v) is 7.23. The Kier molecular flexibility index (Phi) is 4.01. The van der Waals surface area contributed by atoms with Gasteiger partial charge < -0.3 is 15.2 Å². The lowest BCUT2D eigenvalue weighted by molar-refractivity contribution is 0.174. The molecule has 0 fully saturated rings. The van der Waals surface area contributed by atoms with Gasteiger partial charge in [0.05, 0.1) is 11.0 Å². The molecule has 0 aliphatic carbocycles. The number of hydrogen-bond acceptors (Lipinski definition) is 5. The second kappa shape index (κ2) is 5.38. The van der Waals surface area contributed by atoms with Gasteiger partial charge in [-0.25, -0.2) is 8.42 Å². The Morgan fingerprint density at radius 3 is 2.68 bits per heavy atom. The lowest BCUT2D eigenvalue weighted by Gasteiger charge is -2.16. The van der Waals surface area contributed by atoms with E-state index < -0.39 is 15.9 Å². The number of fused-ring (bicyclic) bond motifs is 1. The van der Waals surface area contributed by atoms with E-state index in [1.165, 1.54) is 0 Å². The van der Waals surface area contributed by atoms with Crippen molar-refractivity contribution in [2.45, 2.75) is 31.6 Å². The van der Waals surface area contributed by atoms with Gasteiger partial charge >= 0.3 is 0 Å². The molecule has 1 heterocycles. The minimum Gasteiger partial charge on any atom is -0.454 e. The Balaban J connectivity index is 2.14. The first kappa shape index (κ1) is 14.1. The summed E-state index contributed by atoms with van der Waals surface area (Å²) in [5.74, 6) is 1.23. The molecule has 2 rings (SSSR count). The third kappa shape index (κ3) is 3.01. The Hall–Kier alpha value is -1.27. The van der Waals surface area contributed by atoms with Gasteiger partial charge in [-0.15, -0.1) is 0 Å². The zero-order valence-electron chi connectivity index (χ0n) is 11.1. The van der Waals surface area contributed by atoms with Crippen LogP contribution in [0.5, 0.6) is 11.5 Å². The van der Waals surface area contributed by atoms with Crippen LogP contribution in [0.2, 0.25) is 0 Å². The van der Waals surface area contributed by atoms with Crippen molar-refractivity contribution in [1.82, 2.24) is 0 Å². The van der Waals surface area contributed by atoms with E-state index in [9.17, 15) is 8.42 Å². The summed E-state index contributed by atoms with van der Waals surface area (Å²) >= 11 is 0. The minimum atomic E-state index is -3.17. The van der Waals surface area contributed by atoms with Crippen molar-refractivity contribution in [3.63, 3.8) is 0 Å². The highest BCUT2D eigenvalue weighted by atomic mass is 32.2. The maximum atomic E-state index is 12.0. The molecular weight excluding hydrogens is 266 g/mol. The van der Waals surface area contributed by atoms with Gasteiger partial charge in [0.2, 0.25) is 6.79 Å². The Morgan fingerprint density at radius 1 is 1.32 bits per heavy atom. The smallest absolute Gasteiger partial charge is 0.231 e. The number of hydrogen-bond donors (Lipinski definition) is 1.